The zero-order valence-electron chi connectivity index (χ0n) is 21.5. The number of esters is 1. The summed E-state index contributed by atoms with van der Waals surface area (Å²) in [7, 11) is 6.20. The van der Waals surface area contributed by atoms with E-state index in [9.17, 15) is 9.59 Å². The van der Waals surface area contributed by atoms with Gasteiger partial charge in [0, 0.05) is 5.56 Å². The predicted octanol–water partition coefficient (Wildman–Crippen LogP) is 2.83. The van der Waals surface area contributed by atoms with Gasteiger partial charge in [-0.15, -0.1) is 0 Å². The van der Waals surface area contributed by atoms with Crippen LogP contribution in [0.4, 0.5) is 0 Å². The third-order valence-corrected chi connectivity index (χ3v) is 6.94. The molecule has 0 spiro atoms. The maximum Gasteiger partial charge on any atom is 0.338 e. The van der Waals surface area contributed by atoms with Crippen molar-refractivity contribution in [3.8, 4) is 23.0 Å². The van der Waals surface area contributed by atoms with E-state index in [4.69, 9.17) is 23.7 Å². The average Bonchev–Trinajstić information content (AvgIpc) is 3.21. The molecule has 3 aromatic rings. The molecule has 0 saturated carbocycles. The number of aromatic nitrogens is 1. The van der Waals surface area contributed by atoms with Gasteiger partial charge in [0.05, 0.1) is 50.8 Å². The zero-order chi connectivity index (χ0) is 26.7. The summed E-state index contributed by atoms with van der Waals surface area (Å²) in [5.41, 5.74) is 1.76. The maximum absolute atomic E-state index is 13.8. The van der Waals surface area contributed by atoms with Crippen LogP contribution in [0.1, 0.15) is 31.0 Å². The minimum Gasteiger partial charge on any atom is -0.497 e. The van der Waals surface area contributed by atoms with Crippen LogP contribution in [0.25, 0.3) is 6.08 Å². The van der Waals surface area contributed by atoms with Crippen LogP contribution in [0, 0.1) is 0 Å². The third-order valence-electron chi connectivity index (χ3n) is 5.95. The van der Waals surface area contributed by atoms with Crippen molar-refractivity contribution in [2.24, 2.45) is 4.99 Å². The Balaban J connectivity index is 1.99. The van der Waals surface area contributed by atoms with Gasteiger partial charge in [0.2, 0.25) is 0 Å². The van der Waals surface area contributed by atoms with Crippen LogP contribution in [0.3, 0.4) is 0 Å². The van der Waals surface area contributed by atoms with Crippen LogP contribution in [0.5, 0.6) is 23.0 Å². The Bertz CT molecular complexity index is 1550. The molecule has 9 nitrogen and oxygen atoms in total. The van der Waals surface area contributed by atoms with E-state index in [1.54, 1.807) is 71.6 Å². The predicted molar refractivity (Wildman–Crippen MR) is 139 cm³/mol. The Morgan fingerprint density at radius 2 is 1.70 bits per heavy atom. The van der Waals surface area contributed by atoms with Crippen molar-refractivity contribution >= 4 is 23.4 Å². The highest BCUT2D eigenvalue weighted by Crippen LogP contribution is 2.38. The molecule has 1 aliphatic rings. The molecular weight excluding hydrogens is 496 g/mol. The van der Waals surface area contributed by atoms with Crippen molar-refractivity contribution in [2.45, 2.75) is 19.9 Å². The van der Waals surface area contributed by atoms with Crippen molar-refractivity contribution < 1.29 is 28.5 Å². The quantitative estimate of drug-likeness (QED) is 0.418. The Labute approximate surface area is 217 Å². The van der Waals surface area contributed by atoms with Crippen molar-refractivity contribution in [2.75, 3.05) is 35.0 Å². The van der Waals surface area contributed by atoms with Gasteiger partial charge in [0.25, 0.3) is 5.56 Å². The van der Waals surface area contributed by atoms with Gasteiger partial charge < -0.3 is 23.7 Å². The zero-order valence-corrected chi connectivity index (χ0v) is 22.3. The monoisotopic (exact) mass is 524 g/mol. The molecule has 10 heteroatoms. The van der Waals surface area contributed by atoms with Crippen molar-refractivity contribution in [3.63, 3.8) is 0 Å². The molecule has 0 fully saturated rings. The summed E-state index contributed by atoms with van der Waals surface area (Å²) in [6.45, 7) is 3.64. The van der Waals surface area contributed by atoms with Crippen LogP contribution in [0.15, 0.2) is 57.5 Å². The molecule has 0 amide bonds. The Morgan fingerprint density at radius 1 is 1.00 bits per heavy atom. The second-order valence-electron chi connectivity index (χ2n) is 8.02. The summed E-state index contributed by atoms with van der Waals surface area (Å²) in [6.07, 6.45) is 1.76. The van der Waals surface area contributed by atoms with Gasteiger partial charge in [-0.05, 0) is 55.8 Å². The van der Waals surface area contributed by atoms with Crippen LogP contribution in [-0.2, 0) is 9.53 Å². The van der Waals surface area contributed by atoms with E-state index in [0.29, 0.717) is 43.6 Å². The smallest absolute Gasteiger partial charge is 0.338 e. The number of nitrogens with zero attached hydrogens (tertiary/aromatic N) is 2. The first-order chi connectivity index (χ1) is 17.9. The number of fused-ring (bicyclic) bond motifs is 1. The van der Waals surface area contributed by atoms with E-state index in [0.717, 1.165) is 5.56 Å². The van der Waals surface area contributed by atoms with Gasteiger partial charge in [-0.1, -0.05) is 17.4 Å². The molecule has 0 N–H and O–H groups in total. The Kier molecular flexibility index (Phi) is 7.68. The highest BCUT2D eigenvalue weighted by Gasteiger charge is 2.35. The van der Waals surface area contributed by atoms with Gasteiger partial charge >= 0.3 is 5.97 Å². The fraction of sp³-hybridized carbons (Fsp3) is 0.296. The lowest BCUT2D eigenvalue weighted by molar-refractivity contribution is -0.139. The van der Waals surface area contributed by atoms with E-state index in [2.05, 4.69) is 4.99 Å². The second kappa shape index (κ2) is 10.9. The first-order valence-electron chi connectivity index (χ1n) is 11.5. The third kappa shape index (κ3) is 4.84. The molecule has 0 bridgehead atoms. The molecule has 1 unspecified atom stereocenters. The molecule has 37 heavy (non-hydrogen) atoms. The van der Waals surface area contributed by atoms with Crippen LogP contribution >= 0.6 is 11.3 Å². The first kappa shape index (κ1) is 26.0. The number of hydrogen-bond donors (Lipinski definition) is 0. The highest BCUT2D eigenvalue weighted by atomic mass is 32.1. The molecule has 0 aliphatic carbocycles. The fourth-order valence-corrected chi connectivity index (χ4v) is 5.28. The van der Waals surface area contributed by atoms with Crippen molar-refractivity contribution in [3.05, 3.63) is 78.5 Å². The first-order valence-corrected chi connectivity index (χ1v) is 12.3. The average molecular weight is 525 g/mol. The lowest BCUT2D eigenvalue weighted by Crippen LogP contribution is -2.40. The number of thiazole rings is 1. The topological polar surface area (TPSA) is 97.6 Å². The SMILES string of the molecule is CCOC(=O)C1=C(C)N=c2sc(=Cc3ccc(OC)c(OC)c3)c(=O)n2C1c1cc(OC)ccc1OC. The van der Waals surface area contributed by atoms with Crippen LogP contribution < -0.4 is 33.8 Å². The van der Waals surface area contributed by atoms with Crippen molar-refractivity contribution in [1.29, 1.82) is 0 Å². The molecule has 0 radical (unpaired) electrons. The minimum atomic E-state index is -0.826. The van der Waals surface area contributed by atoms with Crippen molar-refractivity contribution in [1.82, 2.24) is 4.57 Å². The van der Waals surface area contributed by atoms with E-state index < -0.39 is 12.0 Å². The molecular formula is C27H28N2O7S. The molecule has 2 heterocycles. The molecule has 1 atom stereocenters. The molecule has 1 aliphatic heterocycles. The molecule has 1 aromatic heterocycles. The number of hydrogen-bond acceptors (Lipinski definition) is 9. The maximum atomic E-state index is 13.8. The van der Waals surface area contributed by atoms with Gasteiger partial charge in [-0.3, -0.25) is 9.36 Å². The summed E-state index contributed by atoms with van der Waals surface area (Å²) in [5, 5.41) is 0. The number of ether oxygens (including phenoxy) is 5. The lowest BCUT2D eigenvalue weighted by atomic mass is 9.94. The number of allylic oxidation sites excluding steroid dienone is 1. The Morgan fingerprint density at radius 3 is 2.35 bits per heavy atom. The second-order valence-corrected chi connectivity index (χ2v) is 9.03. The minimum absolute atomic E-state index is 0.182. The Hall–Kier alpha value is -4.05. The highest BCUT2D eigenvalue weighted by molar-refractivity contribution is 7.07. The summed E-state index contributed by atoms with van der Waals surface area (Å²) in [4.78, 5) is 32.1. The number of methoxy groups -OCH3 is 4. The van der Waals surface area contributed by atoms with Crippen LogP contribution in [-0.4, -0.2) is 45.6 Å². The fourth-order valence-electron chi connectivity index (χ4n) is 4.23. The van der Waals surface area contributed by atoms with Gasteiger partial charge in [0.1, 0.15) is 17.5 Å². The number of carbonyl (C=O) groups excluding carboxylic acids is 1. The summed E-state index contributed by atoms with van der Waals surface area (Å²) in [6, 6.07) is 9.82. The number of benzene rings is 2. The van der Waals surface area contributed by atoms with Gasteiger partial charge in [-0.2, -0.15) is 0 Å². The normalized spacial score (nSPS) is 15.1. The number of carbonyl (C=O) groups is 1. The summed E-state index contributed by atoms with van der Waals surface area (Å²) >= 11 is 1.23. The largest absolute Gasteiger partial charge is 0.497 e. The van der Waals surface area contributed by atoms with Gasteiger partial charge in [-0.25, -0.2) is 9.79 Å². The molecule has 2 aromatic carbocycles. The van der Waals surface area contributed by atoms with E-state index in [1.165, 1.54) is 23.0 Å². The molecule has 0 saturated heterocycles. The van der Waals surface area contributed by atoms with E-state index >= 15 is 0 Å². The molecule has 4 rings (SSSR count). The standard InChI is InChI=1S/C27H28N2O7S/c1-7-36-26(31)23-15(2)28-27-29(24(23)18-14-17(32-3)9-11-19(18)33-4)25(30)22(37-27)13-16-8-10-20(34-5)21(12-16)35-6/h8-14,24H,7H2,1-6H3. The number of rotatable bonds is 8. The van der Waals surface area contributed by atoms with Crippen LogP contribution in [0.2, 0.25) is 0 Å². The van der Waals surface area contributed by atoms with Gasteiger partial charge in [0.15, 0.2) is 16.3 Å². The lowest BCUT2D eigenvalue weighted by Gasteiger charge is -2.26. The summed E-state index contributed by atoms with van der Waals surface area (Å²) < 4.78 is 29.1. The summed E-state index contributed by atoms with van der Waals surface area (Å²) in [5.74, 6) is 1.63. The van der Waals surface area contributed by atoms with E-state index in [1.807, 2.05) is 6.07 Å². The molecule has 194 valence electrons. The van der Waals surface area contributed by atoms with E-state index in [-0.39, 0.29) is 17.7 Å².